The van der Waals surface area contributed by atoms with Gasteiger partial charge in [0.15, 0.2) is 22.3 Å². The summed E-state index contributed by atoms with van der Waals surface area (Å²) in [6, 6.07) is 6.24. The number of halogens is 8. The summed E-state index contributed by atoms with van der Waals surface area (Å²) in [5, 5.41) is 9.90. The molecule has 0 spiro atoms. The number of benzene rings is 3. The maximum Gasteiger partial charge on any atom is 0.315 e. The largest absolute Gasteiger partial charge is 0.506 e. The van der Waals surface area contributed by atoms with Crippen molar-refractivity contribution in [1.82, 2.24) is 0 Å². The van der Waals surface area contributed by atoms with Crippen LogP contribution in [0.25, 0.3) is 0 Å². The fourth-order valence-electron chi connectivity index (χ4n) is 2.76. The van der Waals surface area contributed by atoms with Gasteiger partial charge in [0.2, 0.25) is 17.4 Å². The highest BCUT2D eigenvalue weighted by Gasteiger charge is 2.34. The molecule has 0 saturated heterocycles. The van der Waals surface area contributed by atoms with E-state index in [1.54, 1.807) is 12.1 Å². The molecule has 0 radical (unpaired) electrons. The van der Waals surface area contributed by atoms with Crippen molar-refractivity contribution >= 4 is 106 Å². The standard InChI is InChI=1S/C20H8F4I4O7S/c21-13-15(23)20(36(31,32)33)16(24)14(22)19(13)35-12(29)3-6-1-10(27)18(11(28)2-6)34-7-4-8(25)17(30)9(26)5-7/h1-2,4-5,30H,3H2,(H,31,32,33). The van der Waals surface area contributed by atoms with Crippen LogP contribution in [0.4, 0.5) is 17.6 Å². The summed E-state index contributed by atoms with van der Waals surface area (Å²) in [5.74, 6) is -11.6. The van der Waals surface area contributed by atoms with Gasteiger partial charge in [-0.1, -0.05) is 0 Å². The number of ether oxygens (including phenoxy) is 2. The van der Waals surface area contributed by atoms with Crippen LogP contribution < -0.4 is 9.47 Å². The van der Waals surface area contributed by atoms with Gasteiger partial charge >= 0.3 is 16.1 Å². The Bertz CT molecular complexity index is 1440. The van der Waals surface area contributed by atoms with Crippen molar-refractivity contribution in [3.63, 3.8) is 0 Å². The van der Waals surface area contributed by atoms with Gasteiger partial charge in [-0.05, 0) is 120 Å². The number of phenols is 1. The Kier molecular flexibility index (Phi) is 9.59. The Morgan fingerprint density at radius 2 is 1.28 bits per heavy atom. The van der Waals surface area contributed by atoms with Crippen LogP contribution in [0.3, 0.4) is 0 Å². The van der Waals surface area contributed by atoms with Crippen LogP contribution in [0.2, 0.25) is 0 Å². The Morgan fingerprint density at radius 3 is 1.72 bits per heavy atom. The molecule has 36 heavy (non-hydrogen) atoms. The zero-order valence-corrected chi connectivity index (χ0v) is 26.3. The van der Waals surface area contributed by atoms with Crippen LogP contribution in [0.1, 0.15) is 5.56 Å². The summed E-state index contributed by atoms with van der Waals surface area (Å²) in [4.78, 5) is 10.0. The number of rotatable bonds is 6. The number of phenolic OH excluding ortho intramolecular Hbond substituents is 1. The van der Waals surface area contributed by atoms with Crippen molar-refractivity contribution in [2.45, 2.75) is 11.3 Å². The predicted octanol–water partition coefficient (Wildman–Crippen LogP) is 6.55. The van der Waals surface area contributed by atoms with E-state index in [1.165, 1.54) is 12.1 Å². The zero-order chi connectivity index (χ0) is 27.1. The minimum Gasteiger partial charge on any atom is -0.506 e. The van der Waals surface area contributed by atoms with E-state index in [0.717, 1.165) is 0 Å². The molecular formula is C20H8F4I4O7S. The normalized spacial score (nSPS) is 11.5. The van der Waals surface area contributed by atoms with Crippen LogP contribution in [0, 0.1) is 37.5 Å². The molecule has 0 aliphatic heterocycles. The topological polar surface area (TPSA) is 110 Å². The molecule has 0 aliphatic rings. The monoisotopic (exact) mass is 976 g/mol. The molecule has 0 amide bonds. The van der Waals surface area contributed by atoms with Gasteiger partial charge in [0.25, 0.3) is 0 Å². The minimum atomic E-state index is -5.64. The van der Waals surface area contributed by atoms with Gasteiger partial charge in [0, 0.05) is 0 Å². The number of esters is 1. The number of hydrogen-bond donors (Lipinski definition) is 2. The first-order chi connectivity index (χ1) is 16.6. The summed E-state index contributed by atoms with van der Waals surface area (Å²) in [5.41, 5.74) is 0.298. The van der Waals surface area contributed by atoms with Crippen molar-refractivity contribution in [2.24, 2.45) is 0 Å². The molecule has 0 fully saturated rings. The fraction of sp³-hybridized carbons (Fsp3) is 0.0500. The molecule has 0 aliphatic carbocycles. The van der Waals surface area contributed by atoms with Crippen LogP contribution in [-0.2, 0) is 21.3 Å². The van der Waals surface area contributed by atoms with E-state index in [4.69, 9.17) is 9.29 Å². The molecule has 0 aromatic heterocycles. The molecule has 3 aromatic carbocycles. The smallest absolute Gasteiger partial charge is 0.315 e. The van der Waals surface area contributed by atoms with E-state index >= 15 is 0 Å². The number of hydrogen-bond acceptors (Lipinski definition) is 6. The highest BCUT2D eigenvalue weighted by Crippen LogP contribution is 2.37. The van der Waals surface area contributed by atoms with Crippen LogP contribution in [-0.4, -0.2) is 24.0 Å². The van der Waals surface area contributed by atoms with Crippen molar-refractivity contribution < 1.29 is 49.9 Å². The Hall–Kier alpha value is -0.720. The molecule has 0 unspecified atom stereocenters. The summed E-state index contributed by atoms with van der Waals surface area (Å²) >= 11 is 7.75. The summed E-state index contributed by atoms with van der Waals surface area (Å²) in [6.45, 7) is 0. The molecule has 16 heteroatoms. The average molecular weight is 976 g/mol. The summed E-state index contributed by atoms with van der Waals surface area (Å²) in [6.07, 6.45) is -0.580. The minimum absolute atomic E-state index is 0.113. The van der Waals surface area contributed by atoms with Gasteiger partial charge in [0.1, 0.15) is 11.5 Å². The van der Waals surface area contributed by atoms with Gasteiger partial charge < -0.3 is 14.6 Å². The SMILES string of the molecule is O=C(Cc1cc(I)c(Oc2cc(I)c(O)c(I)c2)c(I)c1)Oc1c(F)c(F)c(S(=O)(=O)O)c(F)c1F. The first-order valence-corrected chi connectivity index (χ1v) is 14.7. The van der Waals surface area contributed by atoms with Crippen molar-refractivity contribution in [3.8, 4) is 23.0 Å². The maximum absolute atomic E-state index is 14.1. The number of aromatic hydroxyl groups is 1. The molecule has 3 rings (SSSR count). The lowest BCUT2D eigenvalue weighted by Crippen LogP contribution is -2.17. The molecule has 2 N–H and O–H groups in total. The lowest BCUT2D eigenvalue weighted by atomic mass is 10.1. The van der Waals surface area contributed by atoms with Gasteiger partial charge in [-0.2, -0.15) is 17.2 Å². The van der Waals surface area contributed by atoms with E-state index < -0.39 is 56.4 Å². The second-order valence-corrected chi connectivity index (χ2v) is 12.8. The van der Waals surface area contributed by atoms with E-state index in [2.05, 4.69) is 4.74 Å². The first kappa shape index (κ1) is 29.8. The third-order valence-corrected chi connectivity index (χ3v) is 8.40. The number of carbonyl (C=O) groups is 1. The molecule has 0 heterocycles. The molecule has 192 valence electrons. The van der Waals surface area contributed by atoms with Crippen LogP contribution in [0.15, 0.2) is 29.2 Å². The lowest BCUT2D eigenvalue weighted by molar-refractivity contribution is -0.134. The lowest BCUT2D eigenvalue weighted by Gasteiger charge is -2.14. The van der Waals surface area contributed by atoms with Crippen molar-refractivity contribution in [1.29, 1.82) is 0 Å². The van der Waals surface area contributed by atoms with Crippen LogP contribution in [0.5, 0.6) is 23.0 Å². The predicted molar refractivity (Wildman–Crippen MR) is 151 cm³/mol. The van der Waals surface area contributed by atoms with Gasteiger partial charge in [-0.25, -0.2) is 8.78 Å². The molecule has 0 saturated carbocycles. The fourth-order valence-corrected chi connectivity index (χ4v) is 7.22. The highest BCUT2D eigenvalue weighted by atomic mass is 127. The van der Waals surface area contributed by atoms with Crippen molar-refractivity contribution in [3.05, 3.63) is 67.4 Å². The van der Waals surface area contributed by atoms with E-state index in [1.807, 2.05) is 90.4 Å². The molecular weight excluding hydrogens is 968 g/mol. The highest BCUT2D eigenvalue weighted by molar-refractivity contribution is 14.1. The van der Waals surface area contributed by atoms with E-state index in [0.29, 0.717) is 31.3 Å². The van der Waals surface area contributed by atoms with Gasteiger partial charge in [-0.15, -0.1) is 0 Å². The Labute approximate surface area is 255 Å². The third-order valence-electron chi connectivity index (χ3n) is 4.27. The average Bonchev–Trinajstić information content (AvgIpc) is 2.75. The molecule has 0 bridgehead atoms. The van der Waals surface area contributed by atoms with E-state index in [9.17, 15) is 35.9 Å². The second kappa shape index (κ2) is 11.6. The third kappa shape index (κ3) is 6.46. The summed E-state index contributed by atoms with van der Waals surface area (Å²) in [7, 11) is -5.64. The summed E-state index contributed by atoms with van der Waals surface area (Å²) < 4.78 is 99.5. The molecule has 0 atom stereocenters. The molecule has 3 aromatic rings. The van der Waals surface area contributed by atoms with Gasteiger partial charge in [0.05, 0.1) is 20.7 Å². The Balaban J connectivity index is 1.85. The van der Waals surface area contributed by atoms with Crippen molar-refractivity contribution in [2.75, 3.05) is 0 Å². The second-order valence-electron chi connectivity index (χ2n) is 6.77. The van der Waals surface area contributed by atoms with Crippen LogP contribution >= 0.6 is 90.4 Å². The van der Waals surface area contributed by atoms with E-state index in [-0.39, 0.29) is 5.75 Å². The first-order valence-electron chi connectivity index (χ1n) is 8.99. The van der Waals surface area contributed by atoms with Gasteiger partial charge in [-0.3, -0.25) is 9.35 Å². The zero-order valence-electron chi connectivity index (χ0n) is 16.9. The molecule has 7 nitrogen and oxygen atoms in total. The Morgan fingerprint density at radius 1 is 0.806 bits per heavy atom. The number of carbonyl (C=O) groups excluding carboxylic acids is 1. The quantitative estimate of drug-likeness (QED) is 0.0721. The maximum atomic E-state index is 14.1.